The van der Waals surface area contributed by atoms with E-state index in [1.54, 1.807) is 6.07 Å². The van der Waals surface area contributed by atoms with Gasteiger partial charge in [0.1, 0.15) is 0 Å². The number of hydrogen-bond acceptors (Lipinski definition) is 2. The highest BCUT2D eigenvalue weighted by Crippen LogP contribution is 2.32. The second kappa shape index (κ2) is 7.77. The van der Waals surface area contributed by atoms with Crippen LogP contribution in [-0.4, -0.2) is 31.1 Å². The molecule has 1 heterocycles. The van der Waals surface area contributed by atoms with E-state index < -0.39 is 11.7 Å². The summed E-state index contributed by atoms with van der Waals surface area (Å²) in [7, 11) is 1.99. The molecule has 0 aliphatic carbocycles. The second-order valence-electron chi connectivity index (χ2n) is 6.62. The minimum absolute atomic E-state index is 0.217. The van der Waals surface area contributed by atoms with E-state index in [1.165, 1.54) is 12.1 Å². The van der Waals surface area contributed by atoms with Crippen LogP contribution in [0.4, 0.5) is 13.2 Å². The first-order valence-corrected chi connectivity index (χ1v) is 9.03. The summed E-state index contributed by atoms with van der Waals surface area (Å²) in [6, 6.07) is 11.2. The first-order chi connectivity index (χ1) is 12.3. The number of nitrogens with zero attached hydrogens (tertiary/aromatic N) is 1. The minimum Gasteiger partial charge on any atom is -0.314 e. The Labute approximate surface area is 160 Å². The fraction of sp³-hybridized carbons (Fsp3) is 0.368. The van der Waals surface area contributed by atoms with Gasteiger partial charge in [-0.3, -0.25) is 4.90 Å². The van der Waals surface area contributed by atoms with E-state index in [4.69, 9.17) is 23.2 Å². The molecule has 2 aromatic carbocycles. The van der Waals surface area contributed by atoms with Crippen LogP contribution < -0.4 is 5.32 Å². The Morgan fingerprint density at radius 2 is 1.73 bits per heavy atom. The minimum atomic E-state index is -4.31. The van der Waals surface area contributed by atoms with E-state index >= 15 is 0 Å². The molecule has 0 aromatic heterocycles. The van der Waals surface area contributed by atoms with E-state index in [-0.39, 0.29) is 12.0 Å². The highest BCUT2D eigenvalue weighted by atomic mass is 35.5. The normalized spacial score (nSPS) is 20.7. The molecule has 2 aromatic rings. The third-order valence-electron chi connectivity index (χ3n) is 4.83. The number of nitrogens with one attached hydrogen (secondary N) is 1. The van der Waals surface area contributed by atoms with E-state index in [9.17, 15) is 13.2 Å². The lowest BCUT2D eigenvalue weighted by atomic mass is 9.93. The first-order valence-electron chi connectivity index (χ1n) is 8.28. The van der Waals surface area contributed by atoms with Crippen LogP contribution in [0.25, 0.3) is 0 Å². The number of halogens is 5. The number of rotatable bonds is 4. The van der Waals surface area contributed by atoms with E-state index in [0.29, 0.717) is 16.6 Å². The molecule has 1 fully saturated rings. The number of hydrogen-bond donors (Lipinski definition) is 1. The Morgan fingerprint density at radius 3 is 2.35 bits per heavy atom. The molecule has 2 atom stereocenters. The summed E-state index contributed by atoms with van der Waals surface area (Å²) in [6.07, 6.45) is -4.31. The molecule has 0 amide bonds. The fourth-order valence-corrected chi connectivity index (χ4v) is 3.72. The molecule has 0 radical (unpaired) electrons. The van der Waals surface area contributed by atoms with Crippen molar-refractivity contribution >= 4 is 23.2 Å². The topological polar surface area (TPSA) is 15.3 Å². The lowest BCUT2D eigenvalue weighted by molar-refractivity contribution is -0.137. The third-order valence-corrected chi connectivity index (χ3v) is 5.57. The third kappa shape index (κ3) is 4.34. The summed E-state index contributed by atoms with van der Waals surface area (Å²) >= 11 is 12.1. The lowest BCUT2D eigenvalue weighted by Gasteiger charge is -2.29. The molecular formula is C19H19Cl2F3N2. The zero-order chi connectivity index (χ0) is 18.9. The molecule has 2 nitrogen and oxygen atoms in total. The van der Waals surface area contributed by atoms with E-state index in [2.05, 4.69) is 10.2 Å². The van der Waals surface area contributed by atoms with Crippen LogP contribution in [-0.2, 0) is 12.7 Å². The Balaban J connectivity index is 1.72. The van der Waals surface area contributed by atoms with Gasteiger partial charge in [-0.2, -0.15) is 13.2 Å². The number of alkyl halides is 3. The van der Waals surface area contributed by atoms with Crippen LogP contribution in [0.1, 0.15) is 22.6 Å². The maximum absolute atomic E-state index is 12.7. The Bertz CT molecular complexity index is 762. The first kappa shape index (κ1) is 19.5. The van der Waals surface area contributed by atoms with Gasteiger partial charge in [0.05, 0.1) is 15.6 Å². The number of benzene rings is 2. The molecule has 140 valence electrons. The SMILES string of the molecule is CN(Cc1ccc(C(F)(F)F)cc1)C1CNC[C@@H]1c1ccc(Cl)c(Cl)c1. The van der Waals surface area contributed by atoms with Crippen molar-refractivity contribution in [1.82, 2.24) is 10.2 Å². The van der Waals surface area contributed by atoms with Gasteiger partial charge < -0.3 is 5.32 Å². The van der Waals surface area contributed by atoms with Crippen molar-refractivity contribution in [3.63, 3.8) is 0 Å². The largest absolute Gasteiger partial charge is 0.416 e. The van der Waals surface area contributed by atoms with Gasteiger partial charge in [-0.1, -0.05) is 41.4 Å². The molecule has 1 saturated heterocycles. The zero-order valence-corrected chi connectivity index (χ0v) is 15.7. The summed E-state index contributed by atoms with van der Waals surface area (Å²) in [5, 5.41) is 4.44. The molecule has 1 N–H and O–H groups in total. The lowest BCUT2D eigenvalue weighted by Crippen LogP contribution is -2.36. The quantitative estimate of drug-likeness (QED) is 0.755. The summed E-state index contributed by atoms with van der Waals surface area (Å²) in [5.41, 5.74) is 1.33. The van der Waals surface area contributed by atoms with Crippen LogP contribution in [0.15, 0.2) is 42.5 Å². The molecule has 0 saturated carbocycles. The van der Waals surface area contributed by atoms with Gasteiger partial charge >= 0.3 is 6.18 Å². The molecule has 0 spiro atoms. The highest BCUT2D eigenvalue weighted by molar-refractivity contribution is 6.42. The Hall–Kier alpha value is -1.27. The summed E-state index contributed by atoms with van der Waals surface area (Å²) < 4.78 is 38.1. The van der Waals surface area contributed by atoms with Crippen molar-refractivity contribution in [3.8, 4) is 0 Å². The van der Waals surface area contributed by atoms with Crippen LogP contribution in [0.3, 0.4) is 0 Å². The molecule has 1 aliphatic rings. The van der Waals surface area contributed by atoms with Crippen molar-refractivity contribution < 1.29 is 13.2 Å². The van der Waals surface area contributed by atoms with Crippen molar-refractivity contribution in [1.29, 1.82) is 0 Å². The van der Waals surface area contributed by atoms with Gasteiger partial charge in [0.2, 0.25) is 0 Å². The van der Waals surface area contributed by atoms with Crippen molar-refractivity contribution in [3.05, 3.63) is 69.2 Å². The van der Waals surface area contributed by atoms with Crippen LogP contribution in [0.2, 0.25) is 10.0 Å². The smallest absolute Gasteiger partial charge is 0.314 e. The summed E-state index contributed by atoms with van der Waals surface area (Å²) in [5.74, 6) is 0.240. The number of likely N-dealkylation sites (N-methyl/N-ethyl adjacent to an activating group) is 1. The Kier molecular flexibility index (Phi) is 5.82. The standard InChI is InChI=1S/C19H19Cl2F3N2/c1-26(11-12-2-5-14(6-3-12)19(22,23)24)18-10-25-9-15(18)13-4-7-16(20)17(21)8-13/h2-8,15,18,25H,9-11H2,1H3/t15-,18?/m1/s1. The van der Waals surface area contributed by atoms with Crippen LogP contribution in [0.5, 0.6) is 0 Å². The summed E-state index contributed by atoms with van der Waals surface area (Å²) in [4.78, 5) is 2.16. The maximum atomic E-state index is 12.7. The molecule has 1 aliphatic heterocycles. The predicted octanol–water partition coefficient (Wildman–Crippen LogP) is 5.20. The van der Waals surface area contributed by atoms with Gasteiger partial charge in [0.25, 0.3) is 0 Å². The van der Waals surface area contributed by atoms with Crippen LogP contribution >= 0.6 is 23.2 Å². The van der Waals surface area contributed by atoms with Gasteiger partial charge in [-0.05, 0) is 42.4 Å². The highest BCUT2D eigenvalue weighted by Gasteiger charge is 2.32. The van der Waals surface area contributed by atoms with E-state index in [1.807, 2.05) is 19.2 Å². The monoisotopic (exact) mass is 402 g/mol. The van der Waals surface area contributed by atoms with Gasteiger partial charge in [0, 0.05) is 31.6 Å². The Morgan fingerprint density at radius 1 is 1.04 bits per heavy atom. The van der Waals surface area contributed by atoms with Crippen molar-refractivity contribution in [2.45, 2.75) is 24.7 Å². The second-order valence-corrected chi connectivity index (χ2v) is 7.43. The van der Waals surface area contributed by atoms with Gasteiger partial charge in [0.15, 0.2) is 0 Å². The molecular weight excluding hydrogens is 384 g/mol. The summed E-state index contributed by atoms with van der Waals surface area (Å²) in [6.45, 7) is 2.20. The molecule has 0 bridgehead atoms. The fourth-order valence-electron chi connectivity index (χ4n) is 3.42. The van der Waals surface area contributed by atoms with Gasteiger partial charge in [-0.15, -0.1) is 0 Å². The maximum Gasteiger partial charge on any atom is 0.416 e. The molecule has 7 heteroatoms. The molecule has 3 rings (SSSR count). The van der Waals surface area contributed by atoms with E-state index in [0.717, 1.165) is 36.3 Å². The van der Waals surface area contributed by atoms with Crippen molar-refractivity contribution in [2.24, 2.45) is 0 Å². The predicted molar refractivity (Wildman–Crippen MR) is 98.8 cm³/mol. The molecule has 1 unspecified atom stereocenters. The van der Waals surface area contributed by atoms with Crippen LogP contribution in [0, 0.1) is 0 Å². The van der Waals surface area contributed by atoms with Crippen molar-refractivity contribution in [2.75, 3.05) is 20.1 Å². The molecule has 26 heavy (non-hydrogen) atoms. The zero-order valence-electron chi connectivity index (χ0n) is 14.2. The van der Waals surface area contributed by atoms with Gasteiger partial charge in [-0.25, -0.2) is 0 Å². The average Bonchev–Trinajstić information content (AvgIpc) is 3.07. The average molecular weight is 403 g/mol.